The highest BCUT2D eigenvalue weighted by atomic mass is 19.1. The summed E-state index contributed by atoms with van der Waals surface area (Å²) in [4.78, 5) is 12.8. The van der Waals surface area contributed by atoms with E-state index >= 15 is 0 Å². The van der Waals surface area contributed by atoms with Crippen LogP contribution in [0.1, 0.15) is 23.0 Å². The highest BCUT2D eigenvalue weighted by molar-refractivity contribution is 6.05. The summed E-state index contributed by atoms with van der Waals surface area (Å²) in [5.41, 5.74) is 1.54. The fourth-order valence-corrected chi connectivity index (χ4v) is 3.21. The van der Waals surface area contributed by atoms with Crippen LogP contribution in [0.2, 0.25) is 0 Å². The van der Waals surface area contributed by atoms with E-state index in [-0.39, 0.29) is 5.69 Å². The molecule has 1 aromatic heterocycles. The number of hydrogen-bond donors (Lipinski definition) is 1. The molecule has 3 aromatic rings. The highest BCUT2D eigenvalue weighted by Gasteiger charge is 2.25. The standard InChI is InChI=1S/C21H21F2N3O3/c1-5-13-18(21(27)24-19-15(22)7-6-8-16(19)23)25-26(2)20(13)14-11-12(28-3)9-10-17(14)29-4/h6-11H,5H2,1-4H3,(H,24,27). The Bertz CT molecular complexity index is 1040. The van der Waals surface area contributed by atoms with Crippen molar-refractivity contribution < 1.29 is 23.0 Å². The minimum absolute atomic E-state index is 0.0810. The van der Waals surface area contributed by atoms with E-state index in [1.54, 1.807) is 44.1 Å². The Morgan fingerprint density at radius 1 is 1.14 bits per heavy atom. The molecule has 6 nitrogen and oxygen atoms in total. The average molecular weight is 401 g/mol. The molecule has 8 heteroatoms. The molecule has 0 fully saturated rings. The van der Waals surface area contributed by atoms with Gasteiger partial charge in [0.05, 0.1) is 19.9 Å². The topological polar surface area (TPSA) is 65.4 Å². The summed E-state index contributed by atoms with van der Waals surface area (Å²) in [6.07, 6.45) is 0.464. The van der Waals surface area contributed by atoms with Gasteiger partial charge in [0.2, 0.25) is 0 Å². The van der Waals surface area contributed by atoms with Crippen LogP contribution in [0.4, 0.5) is 14.5 Å². The number of carbonyl (C=O) groups excluding carboxylic acids is 1. The summed E-state index contributed by atoms with van der Waals surface area (Å²) < 4.78 is 40.2. The van der Waals surface area contributed by atoms with Crippen LogP contribution < -0.4 is 14.8 Å². The van der Waals surface area contributed by atoms with Gasteiger partial charge < -0.3 is 14.8 Å². The molecule has 0 aliphatic carbocycles. The number of nitrogens with one attached hydrogen (secondary N) is 1. The lowest BCUT2D eigenvalue weighted by Crippen LogP contribution is -2.16. The molecular formula is C21H21F2N3O3. The Morgan fingerprint density at radius 3 is 2.41 bits per heavy atom. The van der Waals surface area contributed by atoms with Crippen molar-refractivity contribution in [2.24, 2.45) is 7.05 Å². The zero-order valence-corrected chi connectivity index (χ0v) is 16.5. The van der Waals surface area contributed by atoms with E-state index in [1.165, 1.54) is 6.07 Å². The molecule has 1 amide bonds. The first-order valence-corrected chi connectivity index (χ1v) is 8.94. The first kappa shape index (κ1) is 20.3. The smallest absolute Gasteiger partial charge is 0.276 e. The average Bonchev–Trinajstić information content (AvgIpc) is 3.06. The zero-order valence-electron chi connectivity index (χ0n) is 16.5. The van der Waals surface area contributed by atoms with E-state index in [1.807, 2.05) is 6.92 Å². The second kappa shape index (κ2) is 8.30. The number of aromatic nitrogens is 2. The second-order valence-corrected chi connectivity index (χ2v) is 6.27. The highest BCUT2D eigenvalue weighted by Crippen LogP contribution is 2.36. The molecule has 0 spiro atoms. The van der Waals surface area contributed by atoms with Crippen molar-refractivity contribution in [2.45, 2.75) is 13.3 Å². The van der Waals surface area contributed by atoms with Crippen molar-refractivity contribution in [3.8, 4) is 22.8 Å². The fourth-order valence-electron chi connectivity index (χ4n) is 3.21. The Labute approximate surface area is 167 Å². The molecule has 2 aromatic carbocycles. The largest absolute Gasteiger partial charge is 0.497 e. The van der Waals surface area contributed by atoms with E-state index < -0.39 is 23.2 Å². The molecule has 152 valence electrons. The molecule has 0 aliphatic heterocycles. The third-order valence-electron chi connectivity index (χ3n) is 4.58. The van der Waals surface area contributed by atoms with Crippen molar-refractivity contribution in [2.75, 3.05) is 19.5 Å². The number of ether oxygens (including phenoxy) is 2. The maximum atomic E-state index is 13.9. The number of aryl methyl sites for hydroxylation is 1. The first-order chi connectivity index (χ1) is 13.9. The predicted octanol–water partition coefficient (Wildman–Crippen LogP) is 4.20. The Morgan fingerprint density at radius 2 is 1.83 bits per heavy atom. The summed E-state index contributed by atoms with van der Waals surface area (Å²) in [7, 11) is 4.78. The number of halogens is 2. The van der Waals surface area contributed by atoms with E-state index in [4.69, 9.17) is 9.47 Å². The number of nitrogens with zero attached hydrogens (tertiary/aromatic N) is 2. The van der Waals surface area contributed by atoms with Crippen LogP contribution in [0.25, 0.3) is 11.3 Å². The molecule has 1 N–H and O–H groups in total. The number of para-hydroxylation sites is 1. The maximum Gasteiger partial charge on any atom is 0.276 e. The summed E-state index contributed by atoms with van der Waals surface area (Å²) in [5.74, 6) is -1.22. The first-order valence-electron chi connectivity index (χ1n) is 8.94. The van der Waals surface area contributed by atoms with Crippen LogP contribution in [0, 0.1) is 11.6 Å². The summed E-state index contributed by atoms with van der Waals surface area (Å²) in [6, 6.07) is 8.68. The summed E-state index contributed by atoms with van der Waals surface area (Å²) in [5, 5.41) is 6.60. The molecule has 0 atom stereocenters. The van der Waals surface area contributed by atoms with Gasteiger partial charge in [-0.05, 0) is 36.8 Å². The van der Waals surface area contributed by atoms with Crippen LogP contribution >= 0.6 is 0 Å². The number of hydrogen-bond acceptors (Lipinski definition) is 4. The predicted molar refractivity (Wildman–Crippen MR) is 105 cm³/mol. The van der Waals surface area contributed by atoms with Crippen LogP contribution in [0.3, 0.4) is 0 Å². The van der Waals surface area contributed by atoms with E-state index in [9.17, 15) is 13.6 Å². The number of benzene rings is 2. The normalized spacial score (nSPS) is 10.7. The minimum Gasteiger partial charge on any atom is -0.497 e. The van der Waals surface area contributed by atoms with E-state index in [0.717, 1.165) is 12.1 Å². The fraction of sp³-hybridized carbons (Fsp3) is 0.238. The minimum atomic E-state index is -0.859. The van der Waals surface area contributed by atoms with Crippen LogP contribution in [0.15, 0.2) is 36.4 Å². The molecule has 0 aliphatic rings. The van der Waals surface area contributed by atoms with Gasteiger partial charge >= 0.3 is 0 Å². The van der Waals surface area contributed by atoms with Crippen molar-refractivity contribution >= 4 is 11.6 Å². The third kappa shape index (κ3) is 3.78. The van der Waals surface area contributed by atoms with Gasteiger partial charge in [-0.2, -0.15) is 5.10 Å². The van der Waals surface area contributed by atoms with E-state index in [2.05, 4.69) is 10.4 Å². The molecule has 3 rings (SSSR count). The zero-order chi connectivity index (χ0) is 21.1. The van der Waals surface area contributed by atoms with Gasteiger partial charge in [-0.1, -0.05) is 13.0 Å². The van der Waals surface area contributed by atoms with Crippen LogP contribution in [-0.2, 0) is 13.5 Å². The number of carbonyl (C=O) groups is 1. The Hall–Kier alpha value is -3.42. The molecule has 1 heterocycles. The molecular weight excluding hydrogens is 380 g/mol. The molecule has 0 saturated heterocycles. The lowest BCUT2D eigenvalue weighted by atomic mass is 10.0. The Kier molecular flexibility index (Phi) is 5.81. The van der Waals surface area contributed by atoms with Crippen molar-refractivity contribution in [1.29, 1.82) is 0 Å². The molecule has 0 unspecified atom stereocenters. The molecule has 0 saturated carbocycles. The number of anilines is 1. The monoisotopic (exact) mass is 401 g/mol. The van der Waals surface area contributed by atoms with E-state index in [0.29, 0.717) is 34.7 Å². The SMILES string of the molecule is CCc1c(C(=O)Nc2c(F)cccc2F)nn(C)c1-c1cc(OC)ccc1OC. The van der Waals surface area contributed by atoms with Gasteiger partial charge in [-0.25, -0.2) is 8.78 Å². The van der Waals surface area contributed by atoms with Gasteiger partial charge in [-0.3, -0.25) is 9.48 Å². The van der Waals surface area contributed by atoms with Gasteiger partial charge in [0, 0.05) is 18.2 Å². The Balaban J connectivity index is 2.09. The van der Waals surface area contributed by atoms with Gasteiger partial charge in [0.15, 0.2) is 5.69 Å². The lowest BCUT2D eigenvalue weighted by molar-refractivity contribution is 0.101. The summed E-state index contributed by atoms with van der Waals surface area (Å²) >= 11 is 0. The van der Waals surface area contributed by atoms with Crippen molar-refractivity contribution in [3.63, 3.8) is 0 Å². The maximum absolute atomic E-state index is 13.9. The third-order valence-corrected chi connectivity index (χ3v) is 4.58. The second-order valence-electron chi connectivity index (χ2n) is 6.27. The van der Waals surface area contributed by atoms with Gasteiger partial charge in [0.1, 0.15) is 28.8 Å². The van der Waals surface area contributed by atoms with Crippen molar-refractivity contribution in [3.05, 3.63) is 59.3 Å². The molecule has 0 bridgehead atoms. The van der Waals surface area contributed by atoms with Crippen LogP contribution in [0.5, 0.6) is 11.5 Å². The van der Waals surface area contributed by atoms with Crippen LogP contribution in [-0.4, -0.2) is 29.9 Å². The van der Waals surface area contributed by atoms with Gasteiger partial charge in [-0.15, -0.1) is 0 Å². The number of amides is 1. The quantitative estimate of drug-likeness (QED) is 0.672. The summed E-state index contributed by atoms with van der Waals surface area (Å²) in [6.45, 7) is 1.87. The number of methoxy groups -OCH3 is 2. The van der Waals surface area contributed by atoms with Gasteiger partial charge in [0.25, 0.3) is 5.91 Å². The number of rotatable bonds is 6. The lowest BCUT2D eigenvalue weighted by Gasteiger charge is -2.12. The molecule has 29 heavy (non-hydrogen) atoms. The molecule has 0 radical (unpaired) electrons. The van der Waals surface area contributed by atoms with Crippen molar-refractivity contribution in [1.82, 2.24) is 9.78 Å².